The number of amides is 1. The lowest BCUT2D eigenvalue weighted by Crippen LogP contribution is -2.26. The maximum Gasteiger partial charge on any atom is 0.416 e. The highest BCUT2D eigenvalue weighted by Gasteiger charge is 2.39. The van der Waals surface area contributed by atoms with Gasteiger partial charge in [-0.05, 0) is 54.2 Å². The van der Waals surface area contributed by atoms with Crippen molar-refractivity contribution in [2.24, 2.45) is 5.92 Å². The van der Waals surface area contributed by atoms with Crippen LogP contribution in [0.5, 0.6) is 5.75 Å². The lowest BCUT2D eigenvalue weighted by molar-refractivity contribution is -0.138. The van der Waals surface area contributed by atoms with Crippen LogP contribution in [0.4, 0.5) is 18.9 Å². The molecular weight excluding hydrogens is 343 g/mol. The second-order valence-electron chi connectivity index (χ2n) is 6.42. The van der Waals surface area contributed by atoms with Crippen LogP contribution >= 0.6 is 0 Å². The summed E-state index contributed by atoms with van der Waals surface area (Å²) in [4.78, 5) is 12.7. The third-order valence-corrected chi connectivity index (χ3v) is 4.97. The van der Waals surface area contributed by atoms with Crippen LogP contribution in [0, 0.1) is 5.92 Å². The Balaban J connectivity index is 2.10. The van der Waals surface area contributed by atoms with E-state index in [9.17, 15) is 18.0 Å². The zero-order valence-corrected chi connectivity index (χ0v) is 14.6. The van der Waals surface area contributed by atoms with Crippen LogP contribution < -0.4 is 10.1 Å². The van der Waals surface area contributed by atoms with Gasteiger partial charge in [0.2, 0.25) is 5.91 Å². The van der Waals surface area contributed by atoms with Crippen molar-refractivity contribution >= 4 is 11.6 Å². The molecule has 0 radical (unpaired) electrons. The summed E-state index contributed by atoms with van der Waals surface area (Å²) in [6.07, 6.45) is -3.78. The number of anilines is 1. The van der Waals surface area contributed by atoms with Crippen molar-refractivity contribution in [1.82, 2.24) is 0 Å². The molecule has 0 unspecified atom stereocenters. The standard InChI is InChI=1S/C20H20F3NO2/c1-3-14-15(12-7-9-13(26-2)10-8-12)11-16-17(20(21,22)23)5-4-6-18(16)24-19(14)25/h4-10,14-15H,3,11H2,1-2H3,(H,24,25)/t14-,15+/m0/s1. The van der Waals surface area contributed by atoms with Gasteiger partial charge in [0.05, 0.1) is 12.7 Å². The van der Waals surface area contributed by atoms with E-state index in [1.54, 1.807) is 19.2 Å². The molecule has 0 spiro atoms. The first-order valence-electron chi connectivity index (χ1n) is 8.49. The van der Waals surface area contributed by atoms with Crippen LogP contribution in [-0.4, -0.2) is 13.0 Å². The molecule has 0 aliphatic carbocycles. The minimum absolute atomic E-state index is 0.144. The van der Waals surface area contributed by atoms with Gasteiger partial charge in [-0.1, -0.05) is 25.1 Å². The van der Waals surface area contributed by atoms with Crippen molar-refractivity contribution in [2.75, 3.05) is 12.4 Å². The highest BCUT2D eigenvalue weighted by molar-refractivity contribution is 5.95. The molecule has 1 heterocycles. The zero-order valence-electron chi connectivity index (χ0n) is 14.6. The van der Waals surface area contributed by atoms with Crippen LogP contribution in [0.1, 0.15) is 36.0 Å². The lowest BCUT2D eigenvalue weighted by atomic mass is 9.80. The molecule has 6 heteroatoms. The van der Waals surface area contributed by atoms with Crippen molar-refractivity contribution in [2.45, 2.75) is 31.9 Å². The Kier molecular flexibility index (Phi) is 4.94. The Bertz CT molecular complexity index is 800. The number of alkyl halides is 3. The van der Waals surface area contributed by atoms with Crippen molar-refractivity contribution < 1.29 is 22.7 Å². The molecule has 0 saturated carbocycles. The molecular formula is C20H20F3NO2. The summed E-state index contributed by atoms with van der Waals surface area (Å²) in [6, 6.07) is 11.1. The monoisotopic (exact) mass is 363 g/mol. The second kappa shape index (κ2) is 7.02. The summed E-state index contributed by atoms with van der Waals surface area (Å²) in [6.45, 7) is 1.88. The van der Waals surface area contributed by atoms with E-state index in [-0.39, 0.29) is 29.5 Å². The molecule has 0 aromatic heterocycles. The molecule has 138 valence electrons. The minimum atomic E-state index is -4.47. The number of hydrogen-bond donors (Lipinski definition) is 1. The van der Waals surface area contributed by atoms with Gasteiger partial charge in [-0.3, -0.25) is 4.79 Å². The highest BCUT2D eigenvalue weighted by Crippen LogP contribution is 2.42. The topological polar surface area (TPSA) is 38.3 Å². The van der Waals surface area contributed by atoms with Gasteiger partial charge in [0.25, 0.3) is 0 Å². The number of benzene rings is 2. The summed E-state index contributed by atoms with van der Waals surface area (Å²) in [5.41, 5.74) is 0.535. The third-order valence-electron chi connectivity index (χ3n) is 4.97. The van der Waals surface area contributed by atoms with E-state index in [0.29, 0.717) is 12.2 Å². The molecule has 0 bridgehead atoms. The van der Waals surface area contributed by atoms with Crippen LogP contribution in [-0.2, 0) is 17.4 Å². The summed E-state index contributed by atoms with van der Waals surface area (Å²) >= 11 is 0. The van der Waals surface area contributed by atoms with Crippen LogP contribution in [0.3, 0.4) is 0 Å². The molecule has 2 aromatic rings. The number of rotatable bonds is 3. The van der Waals surface area contributed by atoms with E-state index in [4.69, 9.17) is 4.74 Å². The van der Waals surface area contributed by atoms with Crippen LogP contribution in [0.15, 0.2) is 42.5 Å². The summed E-state index contributed by atoms with van der Waals surface area (Å²) in [7, 11) is 1.55. The fourth-order valence-electron chi connectivity index (χ4n) is 3.63. The van der Waals surface area contributed by atoms with Gasteiger partial charge in [0.1, 0.15) is 5.75 Å². The predicted molar refractivity (Wildman–Crippen MR) is 93.3 cm³/mol. The number of carbonyl (C=O) groups excluding carboxylic acids is 1. The van der Waals surface area contributed by atoms with Crippen molar-refractivity contribution in [1.29, 1.82) is 0 Å². The van der Waals surface area contributed by atoms with Gasteiger partial charge >= 0.3 is 6.18 Å². The average Bonchev–Trinajstić information content (AvgIpc) is 2.75. The molecule has 3 nitrogen and oxygen atoms in total. The van der Waals surface area contributed by atoms with Crippen molar-refractivity contribution in [3.8, 4) is 5.75 Å². The first-order chi connectivity index (χ1) is 12.3. The van der Waals surface area contributed by atoms with Gasteiger partial charge in [-0.25, -0.2) is 0 Å². The number of methoxy groups -OCH3 is 1. The number of nitrogens with one attached hydrogen (secondary N) is 1. The first kappa shape index (κ1) is 18.3. The Morgan fingerprint density at radius 2 is 1.85 bits per heavy atom. The van der Waals surface area contributed by atoms with Crippen molar-refractivity contribution in [3.05, 3.63) is 59.2 Å². The maximum absolute atomic E-state index is 13.5. The van der Waals surface area contributed by atoms with Crippen LogP contribution in [0.2, 0.25) is 0 Å². The van der Waals surface area contributed by atoms with E-state index in [0.717, 1.165) is 11.6 Å². The SMILES string of the molecule is CC[C@@H]1C(=O)Nc2cccc(C(F)(F)F)c2C[C@@H]1c1ccc(OC)cc1. The quantitative estimate of drug-likeness (QED) is 0.832. The molecule has 1 aliphatic heterocycles. The Morgan fingerprint density at radius 3 is 2.42 bits per heavy atom. The normalized spacial score (nSPS) is 20.1. The fourth-order valence-corrected chi connectivity index (χ4v) is 3.63. The molecule has 0 saturated heterocycles. The van der Waals surface area contributed by atoms with Gasteiger partial charge < -0.3 is 10.1 Å². The number of carbonyl (C=O) groups is 1. The van der Waals surface area contributed by atoms with Gasteiger partial charge in [0, 0.05) is 11.6 Å². The first-order valence-corrected chi connectivity index (χ1v) is 8.49. The molecule has 2 aromatic carbocycles. The summed E-state index contributed by atoms with van der Waals surface area (Å²) in [5.74, 6) is -0.324. The smallest absolute Gasteiger partial charge is 0.416 e. The molecule has 1 N–H and O–H groups in total. The molecule has 26 heavy (non-hydrogen) atoms. The average molecular weight is 363 g/mol. The van der Waals surface area contributed by atoms with E-state index < -0.39 is 17.7 Å². The van der Waals surface area contributed by atoms with E-state index in [1.165, 1.54) is 12.1 Å². The fraction of sp³-hybridized carbons (Fsp3) is 0.350. The number of ether oxygens (including phenoxy) is 1. The van der Waals surface area contributed by atoms with Crippen LogP contribution in [0.25, 0.3) is 0 Å². The highest BCUT2D eigenvalue weighted by atomic mass is 19.4. The minimum Gasteiger partial charge on any atom is -0.497 e. The van der Waals surface area contributed by atoms with E-state index in [1.807, 2.05) is 19.1 Å². The molecule has 3 rings (SSSR count). The summed E-state index contributed by atoms with van der Waals surface area (Å²) < 4.78 is 45.6. The van der Waals surface area contributed by atoms with E-state index >= 15 is 0 Å². The van der Waals surface area contributed by atoms with Gasteiger partial charge in [-0.15, -0.1) is 0 Å². The van der Waals surface area contributed by atoms with E-state index in [2.05, 4.69) is 5.32 Å². The number of fused-ring (bicyclic) bond motifs is 1. The zero-order chi connectivity index (χ0) is 18.9. The van der Waals surface area contributed by atoms with Gasteiger partial charge in [-0.2, -0.15) is 13.2 Å². The second-order valence-corrected chi connectivity index (χ2v) is 6.42. The molecule has 1 aliphatic rings. The predicted octanol–water partition coefficient (Wildman–Crippen LogP) is 5.02. The summed E-state index contributed by atoms with van der Waals surface area (Å²) in [5, 5.41) is 2.69. The Morgan fingerprint density at radius 1 is 1.15 bits per heavy atom. The number of halogens is 3. The molecule has 1 amide bonds. The largest absolute Gasteiger partial charge is 0.497 e. The third kappa shape index (κ3) is 3.41. The van der Waals surface area contributed by atoms with Crippen molar-refractivity contribution in [3.63, 3.8) is 0 Å². The Hall–Kier alpha value is -2.50. The number of hydrogen-bond acceptors (Lipinski definition) is 2. The molecule has 0 fully saturated rings. The van der Waals surface area contributed by atoms with Gasteiger partial charge in [0.15, 0.2) is 0 Å². The Labute approximate surface area is 150 Å². The molecule has 2 atom stereocenters. The maximum atomic E-state index is 13.5. The lowest BCUT2D eigenvalue weighted by Gasteiger charge is -2.24.